The van der Waals surface area contributed by atoms with Crippen molar-refractivity contribution in [1.29, 1.82) is 0 Å². The average Bonchev–Trinajstić information content (AvgIpc) is 2.33. The molecule has 6 nitrogen and oxygen atoms in total. The molecule has 1 aromatic heterocycles. The molecule has 112 valence electrons. The average molecular weight is 290 g/mol. The number of fused-ring (bicyclic) bond motifs is 1. The number of Topliss-reactive ketones (excluding diaryl/α,β-unsaturated/α-hetero) is 1. The van der Waals surface area contributed by atoms with Gasteiger partial charge < -0.3 is 9.47 Å². The minimum absolute atomic E-state index is 0.0338. The lowest BCUT2D eigenvalue weighted by Gasteiger charge is -2.49. The van der Waals surface area contributed by atoms with Crippen LogP contribution in [0.25, 0.3) is 0 Å². The van der Waals surface area contributed by atoms with Crippen LogP contribution < -0.4 is 4.74 Å². The Morgan fingerprint density at radius 3 is 2.81 bits per heavy atom. The Bertz CT molecular complexity index is 600. The molecule has 0 radical (unpaired) electrons. The second-order valence-corrected chi connectivity index (χ2v) is 6.48. The maximum absolute atomic E-state index is 12.3. The smallest absolute Gasteiger partial charge is 0.410 e. The van der Waals surface area contributed by atoms with Crippen molar-refractivity contribution in [3.63, 3.8) is 0 Å². The molecule has 2 aliphatic heterocycles. The van der Waals surface area contributed by atoms with E-state index in [-0.39, 0.29) is 25.3 Å². The number of ketones is 1. The third kappa shape index (κ3) is 2.46. The summed E-state index contributed by atoms with van der Waals surface area (Å²) in [5.41, 5.74) is -0.815. The molecule has 6 heteroatoms. The second kappa shape index (κ2) is 4.44. The van der Waals surface area contributed by atoms with Crippen LogP contribution >= 0.6 is 0 Å². The third-order valence-corrected chi connectivity index (χ3v) is 3.53. The Morgan fingerprint density at radius 2 is 2.14 bits per heavy atom. The normalized spacial score (nSPS) is 19.6. The predicted octanol–water partition coefficient (Wildman–Crippen LogP) is 1.58. The molecule has 0 bridgehead atoms. The quantitative estimate of drug-likeness (QED) is 0.725. The highest BCUT2D eigenvalue weighted by molar-refractivity contribution is 5.94. The first-order chi connectivity index (χ1) is 9.79. The van der Waals surface area contributed by atoms with Crippen molar-refractivity contribution in [1.82, 2.24) is 9.88 Å². The summed E-state index contributed by atoms with van der Waals surface area (Å²) >= 11 is 0. The minimum Gasteiger partial charge on any atom is -0.474 e. The van der Waals surface area contributed by atoms with Gasteiger partial charge in [0, 0.05) is 6.20 Å². The minimum atomic E-state index is -0.924. The lowest BCUT2D eigenvalue weighted by atomic mass is 9.84. The van der Waals surface area contributed by atoms with Gasteiger partial charge in [-0.1, -0.05) is 0 Å². The van der Waals surface area contributed by atoms with Gasteiger partial charge in [-0.2, -0.15) is 0 Å². The zero-order chi connectivity index (χ0) is 15.3. The monoisotopic (exact) mass is 290 g/mol. The number of amides is 1. The van der Waals surface area contributed by atoms with Crippen molar-refractivity contribution in [3.8, 4) is 5.75 Å². The van der Waals surface area contributed by atoms with E-state index >= 15 is 0 Å². The number of nitrogens with zero attached hydrogens (tertiary/aromatic N) is 2. The van der Waals surface area contributed by atoms with Gasteiger partial charge in [0.05, 0.1) is 25.2 Å². The predicted molar refractivity (Wildman–Crippen MR) is 74.1 cm³/mol. The molecule has 0 unspecified atom stereocenters. The topological polar surface area (TPSA) is 68.7 Å². The fourth-order valence-electron chi connectivity index (χ4n) is 2.50. The number of rotatable bonds is 0. The van der Waals surface area contributed by atoms with Crippen LogP contribution in [0.5, 0.6) is 5.75 Å². The molecular formula is C15H18N2O4. The number of ether oxygens (including phenoxy) is 2. The van der Waals surface area contributed by atoms with Gasteiger partial charge >= 0.3 is 6.09 Å². The molecule has 0 saturated carbocycles. The number of hydrogen-bond acceptors (Lipinski definition) is 5. The fourth-order valence-corrected chi connectivity index (χ4v) is 2.50. The van der Waals surface area contributed by atoms with Crippen molar-refractivity contribution in [2.45, 2.75) is 38.4 Å². The van der Waals surface area contributed by atoms with Crippen LogP contribution in [-0.4, -0.2) is 46.1 Å². The van der Waals surface area contributed by atoms with Crippen molar-refractivity contribution in [2.75, 3.05) is 13.1 Å². The van der Waals surface area contributed by atoms with E-state index in [1.807, 2.05) is 20.8 Å². The summed E-state index contributed by atoms with van der Waals surface area (Å²) in [4.78, 5) is 29.9. The molecule has 2 aliphatic rings. The zero-order valence-electron chi connectivity index (χ0n) is 12.4. The molecule has 0 aliphatic carbocycles. The van der Waals surface area contributed by atoms with Crippen LogP contribution in [0.4, 0.5) is 4.79 Å². The Balaban J connectivity index is 1.70. The van der Waals surface area contributed by atoms with Crippen LogP contribution in [0.2, 0.25) is 0 Å². The molecule has 3 heterocycles. The first-order valence-electron chi connectivity index (χ1n) is 6.93. The molecule has 1 aromatic rings. The summed E-state index contributed by atoms with van der Waals surface area (Å²) in [6.07, 6.45) is 1.47. The van der Waals surface area contributed by atoms with Crippen LogP contribution in [0, 0.1) is 0 Å². The van der Waals surface area contributed by atoms with Crippen LogP contribution in [0.1, 0.15) is 26.5 Å². The Hall–Kier alpha value is -2.11. The second-order valence-electron chi connectivity index (χ2n) is 6.48. The molecule has 1 fully saturated rings. The third-order valence-electron chi connectivity index (χ3n) is 3.53. The first kappa shape index (κ1) is 13.9. The standard InChI is InChI=1S/C15H18N2O4/c1-14(2,3)21-13(19)17-8-15(9-17)12(18)7-10-11(20-15)5-4-6-16-10/h4-6H,7-9H2,1-3H3. The molecule has 0 aromatic carbocycles. The van der Waals surface area contributed by atoms with Crippen LogP contribution in [-0.2, 0) is 16.0 Å². The van der Waals surface area contributed by atoms with E-state index in [4.69, 9.17) is 9.47 Å². The number of hydrogen-bond donors (Lipinski definition) is 0. The lowest BCUT2D eigenvalue weighted by molar-refractivity contribution is -0.151. The van der Waals surface area contributed by atoms with Gasteiger partial charge in [-0.25, -0.2) is 4.79 Å². The summed E-state index contributed by atoms with van der Waals surface area (Å²) < 4.78 is 11.1. The summed E-state index contributed by atoms with van der Waals surface area (Å²) in [6, 6.07) is 3.57. The van der Waals surface area contributed by atoms with Gasteiger partial charge in [-0.15, -0.1) is 0 Å². The Morgan fingerprint density at radius 1 is 1.43 bits per heavy atom. The Kier molecular flexibility index (Phi) is 2.93. The van der Waals surface area contributed by atoms with Crippen LogP contribution in [0.3, 0.4) is 0 Å². The van der Waals surface area contributed by atoms with Crippen molar-refractivity contribution in [2.24, 2.45) is 0 Å². The number of carbonyl (C=O) groups is 2. The molecule has 1 saturated heterocycles. The number of aromatic nitrogens is 1. The summed E-state index contributed by atoms with van der Waals surface area (Å²) in [7, 11) is 0. The van der Waals surface area contributed by atoms with Crippen molar-refractivity contribution < 1.29 is 19.1 Å². The highest BCUT2D eigenvalue weighted by Crippen LogP contribution is 2.36. The number of carbonyl (C=O) groups excluding carboxylic acids is 2. The fraction of sp³-hybridized carbons (Fsp3) is 0.533. The summed E-state index contributed by atoms with van der Waals surface area (Å²) in [5, 5.41) is 0. The largest absolute Gasteiger partial charge is 0.474 e. The van der Waals surface area contributed by atoms with Crippen molar-refractivity contribution >= 4 is 11.9 Å². The number of likely N-dealkylation sites (tertiary alicyclic amines) is 1. The highest BCUT2D eigenvalue weighted by Gasteiger charge is 2.56. The number of pyridine rings is 1. The van der Waals surface area contributed by atoms with Gasteiger partial charge in [0.15, 0.2) is 5.78 Å². The molecular weight excluding hydrogens is 272 g/mol. The van der Waals surface area contributed by atoms with Gasteiger partial charge in [-0.3, -0.25) is 14.7 Å². The SMILES string of the molecule is CC(C)(C)OC(=O)N1CC2(C1)Oc1cccnc1CC2=O. The van der Waals surface area contributed by atoms with Crippen LogP contribution in [0.15, 0.2) is 18.3 Å². The summed E-state index contributed by atoms with van der Waals surface area (Å²) in [6.45, 7) is 5.89. The molecule has 1 amide bonds. The molecule has 0 atom stereocenters. The first-order valence-corrected chi connectivity index (χ1v) is 6.93. The molecule has 0 N–H and O–H groups in total. The maximum Gasteiger partial charge on any atom is 0.410 e. The maximum atomic E-state index is 12.3. The summed E-state index contributed by atoms with van der Waals surface area (Å²) in [5.74, 6) is 0.592. The van der Waals surface area contributed by atoms with E-state index in [2.05, 4.69) is 4.98 Å². The van der Waals surface area contributed by atoms with E-state index in [0.29, 0.717) is 11.4 Å². The lowest BCUT2D eigenvalue weighted by Crippen LogP contribution is -2.72. The van der Waals surface area contributed by atoms with E-state index in [1.165, 1.54) is 4.90 Å². The van der Waals surface area contributed by atoms with Gasteiger partial charge in [0.2, 0.25) is 5.60 Å². The highest BCUT2D eigenvalue weighted by atomic mass is 16.6. The van der Waals surface area contributed by atoms with E-state index in [9.17, 15) is 9.59 Å². The van der Waals surface area contributed by atoms with Gasteiger partial charge in [-0.05, 0) is 32.9 Å². The van der Waals surface area contributed by atoms with Crippen molar-refractivity contribution in [3.05, 3.63) is 24.0 Å². The molecule has 1 spiro atoms. The van der Waals surface area contributed by atoms with E-state index in [0.717, 1.165) is 0 Å². The van der Waals surface area contributed by atoms with E-state index in [1.54, 1.807) is 18.3 Å². The molecule has 21 heavy (non-hydrogen) atoms. The van der Waals surface area contributed by atoms with Gasteiger partial charge in [0.1, 0.15) is 11.4 Å². The molecule has 3 rings (SSSR count). The Labute approximate surface area is 123 Å². The van der Waals surface area contributed by atoms with Gasteiger partial charge in [0.25, 0.3) is 0 Å². The van der Waals surface area contributed by atoms with E-state index < -0.39 is 17.3 Å². The zero-order valence-corrected chi connectivity index (χ0v) is 12.4.